The van der Waals surface area contributed by atoms with Gasteiger partial charge in [0, 0.05) is 6.42 Å². The van der Waals surface area contributed by atoms with Gasteiger partial charge >= 0.3 is 5.97 Å². The van der Waals surface area contributed by atoms with Gasteiger partial charge in [0.25, 0.3) is 0 Å². The van der Waals surface area contributed by atoms with Crippen LogP contribution in [0.3, 0.4) is 0 Å². The lowest BCUT2D eigenvalue weighted by Crippen LogP contribution is -2.41. The molecule has 98 valence electrons. The van der Waals surface area contributed by atoms with Crippen molar-refractivity contribution < 1.29 is 14.3 Å². The Morgan fingerprint density at radius 2 is 2.22 bits per heavy atom. The number of ether oxygens (including phenoxy) is 2. The molecule has 0 fully saturated rings. The second kappa shape index (κ2) is 4.63. The molecular weight excluding hydrogens is 228 g/mol. The molecule has 0 spiro atoms. The molecule has 0 radical (unpaired) electrons. The SMILES string of the molecule is CCOC(=O)[C@]1(C)Cc2cccc(C(C)C)c2O1. The molecule has 0 aromatic heterocycles. The quantitative estimate of drug-likeness (QED) is 0.771. The van der Waals surface area contributed by atoms with Gasteiger partial charge in [0.05, 0.1) is 6.61 Å². The second-order valence-corrected chi connectivity index (χ2v) is 5.22. The lowest BCUT2D eigenvalue weighted by atomic mass is 9.96. The van der Waals surface area contributed by atoms with E-state index in [2.05, 4.69) is 19.9 Å². The zero-order valence-electron chi connectivity index (χ0n) is 11.4. The molecule has 0 N–H and O–H groups in total. The summed E-state index contributed by atoms with van der Waals surface area (Å²) in [6.07, 6.45) is 0.585. The molecule has 18 heavy (non-hydrogen) atoms. The monoisotopic (exact) mass is 248 g/mol. The number of hydrogen-bond donors (Lipinski definition) is 0. The van der Waals surface area contributed by atoms with Gasteiger partial charge in [-0.05, 0) is 30.9 Å². The first-order valence-electron chi connectivity index (χ1n) is 6.46. The van der Waals surface area contributed by atoms with E-state index in [1.54, 1.807) is 6.92 Å². The molecule has 0 saturated heterocycles. The Morgan fingerprint density at radius 1 is 1.50 bits per heavy atom. The summed E-state index contributed by atoms with van der Waals surface area (Å²) in [5, 5.41) is 0. The summed E-state index contributed by atoms with van der Waals surface area (Å²) in [7, 11) is 0. The largest absolute Gasteiger partial charge is 0.475 e. The van der Waals surface area contributed by atoms with E-state index in [-0.39, 0.29) is 5.97 Å². The summed E-state index contributed by atoms with van der Waals surface area (Å²) in [5.74, 6) is 0.962. The average molecular weight is 248 g/mol. The van der Waals surface area contributed by atoms with Gasteiger partial charge < -0.3 is 9.47 Å². The van der Waals surface area contributed by atoms with E-state index < -0.39 is 5.60 Å². The lowest BCUT2D eigenvalue weighted by molar-refractivity contribution is -0.158. The molecule has 1 aliphatic heterocycles. The van der Waals surface area contributed by atoms with Gasteiger partial charge in [-0.2, -0.15) is 0 Å². The van der Waals surface area contributed by atoms with E-state index in [4.69, 9.17) is 9.47 Å². The Labute approximate surface area is 108 Å². The fraction of sp³-hybridized carbons (Fsp3) is 0.533. The maximum Gasteiger partial charge on any atom is 0.350 e. The Bertz CT molecular complexity index is 465. The standard InChI is InChI=1S/C15H20O3/c1-5-17-14(16)15(4)9-11-7-6-8-12(10(2)3)13(11)18-15/h6-8,10H,5,9H2,1-4H3/t15-/m0/s1. The molecule has 3 nitrogen and oxygen atoms in total. The number of rotatable bonds is 3. The lowest BCUT2D eigenvalue weighted by Gasteiger charge is -2.22. The zero-order valence-corrected chi connectivity index (χ0v) is 11.4. The average Bonchev–Trinajstić information content (AvgIpc) is 2.66. The smallest absolute Gasteiger partial charge is 0.350 e. The molecular formula is C15H20O3. The van der Waals surface area contributed by atoms with Gasteiger partial charge in [-0.25, -0.2) is 4.79 Å². The summed E-state index contributed by atoms with van der Waals surface area (Å²) < 4.78 is 11.0. The number of carbonyl (C=O) groups excluding carboxylic acids is 1. The van der Waals surface area contributed by atoms with Gasteiger partial charge in [0.1, 0.15) is 5.75 Å². The van der Waals surface area contributed by atoms with Crippen LogP contribution in [0.25, 0.3) is 0 Å². The molecule has 1 aliphatic rings. The minimum atomic E-state index is -0.872. The van der Waals surface area contributed by atoms with Crippen molar-refractivity contribution in [3.05, 3.63) is 29.3 Å². The summed E-state index contributed by atoms with van der Waals surface area (Å²) in [6, 6.07) is 6.10. The maximum absolute atomic E-state index is 12.0. The van der Waals surface area contributed by atoms with Crippen molar-refractivity contribution in [2.24, 2.45) is 0 Å². The Hall–Kier alpha value is -1.51. The number of para-hydroxylation sites is 1. The number of fused-ring (bicyclic) bond motifs is 1. The molecule has 0 saturated carbocycles. The van der Waals surface area contributed by atoms with E-state index in [0.29, 0.717) is 18.9 Å². The van der Waals surface area contributed by atoms with Crippen LogP contribution in [0, 0.1) is 0 Å². The molecule has 1 atom stereocenters. The predicted molar refractivity (Wildman–Crippen MR) is 69.9 cm³/mol. The summed E-state index contributed by atoms with van der Waals surface area (Å²) >= 11 is 0. The third kappa shape index (κ3) is 2.09. The topological polar surface area (TPSA) is 35.5 Å². The van der Waals surface area contributed by atoms with Crippen LogP contribution in [-0.2, 0) is 16.0 Å². The number of esters is 1. The normalized spacial score (nSPS) is 21.6. The highest BCUT2D eigenvalue weighted by Gasteiger charge is 2.44. The molecule has 0 amide bonds. The van der Waals surface area contributed by atoms with Gasteiger partial charge in [0.2, 0.25) is 5.60 Å². The number of hydrogen-bond acceptors (Lipinski definition) is 3. The third-order valence-corrected chi connectivity index (χ3v) is 3.31. The predicted octanol–water partition coefficient (Wildman–Crippen LogP) is 3.07. The van der Waals surface area contributed by atoms with Gasteiger partial charge in [-0.1, -0.05) is 32.0 Å². The van der Waals surface area contributed by atoms with Crippen LogP contribution >= 0.6 is 0 Å². The first-order valence-corrected chi connectivity index (χ1v) is 6.46. The highest BCUT2D eigenvalue weighted by atomic mass is 16.6. The van der Waals surface area contributed by atoms with E-state index >= 15 is 0 Å². The van der Waals surface area contributed by atoms with Gasteiger partial charge in [-0.15, -0.1) is 0 Å². The molecule has 1 aromatic carbocycles. The summed E-state index contributed by atoms with van der Waals surface area (Å²) in [4.78, 5) is 12.0. The van der Waals surface area contributed by atoms with Crippen molar-refractivity contribution in [1.29, 1.82) is 0 Å². The van der Waals surface area contributed by atoms with E-state index in [9.17, 15) is 4.79 Å². The van der Waals surface area contributed by atoms with Crippen LogP contribution in [0.4, 0.5) is 0 Å². The van der Waals surface area contributed by atoms with E-state index in [1.807, 2.05) is 19.1 Å². The van der Waals surface area contributed by atoms with Crippen molar-refractivity contribution in [2.75, 3.05) is 6.61 Å². The van der Waals surface area contributed by atoms with Crippen LogP contribution < -0.4 is 4.74 Å². The maximum atomic E-state index is 12.0. The van der Waals surface area contributed by atoms with Gasteiger partial charge in [-0.3, -0.25) is 0 Å². The van der Waals surface area contributed by atoms with Crippen molar-refractivity contribution in [2.45, 2.75) is 45.6 Å². The van der Waals surface area contributed by atoms with Crippen molar-refractivity contribution >= 4 is 5.97 Å². The highest BCUT2D eigenvalue weighted by Crippen LogP contribution is 2.40. The molecule has 2 rings (SSSR count). The Morgan fingerprint density at radius 3 is 2.83 bits per heavy atom. The minimum Gasteiger partial charge on any atom is -0.475 e. The van der Waals surface area contributed by atoms with Crippen molar-refractivity contribution in [3.8, 4) is 5.75 Å². The first kappa shape index (κ1) is 12.9. The molecule has 3 heteroatoms. The Balaban J connectivity index is 2.32. The van der Waals surface area contributed by atoms with Crippen molar-refractivity contribution in [3.63, 3.8) is 0 Å². The fourth-order valence-electron chi connectivity index (χ4n) is 2.35. The third-order valence-electron chi connectivity index (χ3n) is 3.31. The van der Waals surface area contributed by atoms with Crippen LogP contribution in [0.15, 0.2) is 18.2 Å². The van der Waals surface area contributed by atoms with E-state index in [1.165, 1.54) is 0 Å². The molecule has 0 bridgehead atoms. The minimum absolute atomic E-state index is 0.282. The second-order valence-electron chi connectivity index (χ2n) is 5.22. The summed E-state index contributed by atoms with van der Waals surface area (Å²) in [5.41, 5.74) is 1.38. The fourth-order valence-corrected chi connectivity index (χ4v) is 2.35. The highest BCUT2D eigenvalue weighted by molar-refractivity contribution is 5.81. The van der Waals surface area contributed by atoms with E-state index in [0.717, 1.165) is 16.9 Å². The Kier molecular flexibility index (Phi) is 3.33. The van der Waals surface area contributed by atoms with Gasteiger partial charge in [0.15, 0.2) is 0 Å². The summed E-state index contributed by atoms with van der Waals surface area (Å²) in [6.45, 7) is 8.24. The molecule has 0 aliphatic carbocycles. The molecule has 1 aromatic rings. The van der Waals surface area contributed by atoms with Crippen LogP contribution in [0.1, 0.15) is 44.7 Å². The number of carbonyl (C=O) groups is 1. The van der Waals surface area contributed by atoms with Crippen molar-refractivity contribution in [1.82, 2.24) is 0 Å². The van der Waals surface area contributed by atoms with Crippen LogP contribution in [0.2, 0.25) is 0 Å². The number of benzene rings is 1. The first-order chi connectivity index (χ1) is 8.48. The van der Waals surface area contributed by atoms with Crippen LogP contribution in [0.5, 0.6) is 5.75 Å². The zero-order chi connectivity index (χ0) is 13.3. The molecule has 1 heterocycles. The molecule has 0 unspecified atom stereocenters. The van der Waals surface area contributed by atoms with Crippen LogP contribution in [-0.4, -0.2) is 18.2 Å².